The van der Waals surface area contributed by atoms with Crippen LogP contribution in [0.15, 0.2) is 182 Å². The van der Waals surface area contributed by atoms with Crippen molar-refractivity contribution in [3.05, 3.63) is 199 Å². The van der Waals surface area contributed by atoms with Crippen molar-refractivity contribution in [3.8, 4) is 17.2 Å². The minimum Gasteiger partial charge on any atom is -0.488 e. The van der Waals surface area contributed by atoms with Gasteiger partial charge in [-0.25, -0.2) is 0 Å². The predicted octanol–water partition coefficient (Wildman–Crippen LogP) is 16.1. The zero-order chi connectivity index (χ0) is 42.8. The van der Waals surface area contributed by atoms with E-state index in [1.807, 2.05) is 60.7 Å². The van der Waals surface area contributed by atoms with Crippen LogP contribution in [0.4, 0.5) is 34.1 Å². The number of carbonyl (C=O) groups excluding carboxylic acids is 1. The Hall–Kier alpha value is -6.59. The molecule has 0 bridgehead atoms. The first-order chi connectivity index (χ1) is 29.6. The molecule has 0 fully saturated rings. The van der Waals surface area contributed by atoms with Crippen molar-refractivity contribution in [2.75, 3.05) is 9.80 Å². The van der Waals surface area contributed by atoms with Crippen LogP contribution in [-0.2, 0) is 5.41 Å². The van der Waals surface area contributed by atoms with Crippen molar-refractivity contribution in [2.24, 2.45) is 0 Å². The summed E-state index contributed by atoms with van der Waals surface area (Å²) in [7, 11) is 0. The number of anilines is 6. The van der Waals surface area contributed by atoms with E-state index in [1.54, 1.807) is 0 Å². The average molecular weight is 807 g/mol. The Morgan fingerprint density at radius 2 is 0.803 bits per heavy atom. The minimum atomic E-state index is -0.182. The molecule has 5 nitrogen and oxygen atoms in total. The Kier molecular flexibility index (Phi) is 13.4. The number of para-hydroxylation sites is 2. The summed E-state index contributed by atoms with van der Waals surface area (Å²) >= 11 is 0. The monoisotopic (exact) mass is 806 g/mol. The molecule has 1 unspecified atom stereocenters. The Morgan fingerprint density at radius 3 is 1.21 bits per heavy atom. The van der Waals surface area contributed by atoms with Crippen LogP contribution in [0.25, 0.3) is 0 Å². The number of rotatable bonds is 18. The average Bonchev–Trinajstić information content (AvgIpc) is 3.29. The van der Waals surface area contributed by atoms with Crippen LogP contribution in [0.1, 0.15) is 95.1 Å². The van der Waals surface area contributed by atoms with Gasteiger partial charge < -0.3 is 19.3 Å². The zero-order valence-corrected chi connectivity index (χ0v) is 36.5. The Morgan fingerprint density at radius 1 is 0.443 bits per heavy atom. The number of benzene rings is 7. The number of hydrogen-bond donors (Lipinski definition) is 0. The lowest BCUT2D eigenvalue weighted by molar-refractivity contribution is 0.0741. The molecule has 0 N–H and O–H groups in total. The first-order valence-corrected chi connectivity index (χ1v) is 21.7. The highest BCUT2D eigenvalue weighted by Gasteiger charge is 2.24. The van der Waals surface area contributed by atoms with E-state index in [0.717, 1.165) is 72.0 Å². The van der Waals surface area contributed by atoms with E-state index >= 15 is 0 Å². The molecular weight excluding hydrogens is 749 g/mol. The normalized spacial score (nSPS) is 12.3. The van der Waals surface area contributed by atoms with Crippen molar-refractivity contribution in [1.29, 1.82) is 0 Å². The van der Waals surface area contributed by atoms with Crippen LogP contribution in [0, 0.1) is 0 Å². The molecular formula is C56H58N2O3. The third-order valence-electron chi connectivity index (χ3n) is 11.6. The first kappa shape index (κ1) is 42.5. The quantitative estimate of drug-likeness (QED) is 0.0808. The van der Waals surface area contributed by atoms with Crippen molar-refractivity contribution in [2.45, 2.75) is 84.7 Å². The van der Waals surface area contributed by atoms with Gasteiger partial charge >= 0.3 is 0 Å². The Labute approximate surface area is 363 Å². The van der Waals surface area contributed by atoms with E-state index in [2.05, 4.69) is 173 Å². The summed E-state index contributed by atoms with van der Waals surface area (Å²) in [6.07, 6.45) is 5.27. The van der Waals surface area contributed by atoms with Gasteiger partial charge in [0.2, 0.25) is 0 Å². The standard InChI is InChI=1S/C56H58N2O3/c1-7-40-55(4,5)44-24-20-42(21-25-44)54(59)43-22-34-51(35-23-43)60-52-36-30-49(31-37-52)57(45-16-12-10-13-17-45)47-26-28-48(29-27-47)58(46-18-14-11-15-19-46)50-32-38-53(39-33-50)61-56(6,9-3)41-8-2/h10-39H,7-9,40-41H2,1-6H3. The molecule has 0 aliphatic heterocycles. The molecule has 0 amide bonds. The van der Waals surface area contributed by atoms with Crippen molar-refractivity contribution in [3.63, 3.8) is 0 Å². The van der Waals surface area contributed by atoms with E-state index in [9.17, 15) is 4.79 Å². The summed E-state index contributed by atoms with van der Waals surface area (Å²) in [5.41, 5.74) is 8.69. The first-order valence-electron chi connectivity index (χ1n) is 21.7. The van der Waals surface area contributed by atoms with Gasteiger partial charge in [0.1, 0.15) is 22.8 Å². The highest BCUT2D eigenvalue weighted by atomic mass is 16.5. The lowest BCUT2D eigenvalue weighted by Crippen LogP contribution is -2.31. The van der Waals surface area contributed by atoms with Crippen molar-refractivity contribution < 1.29 is 14.3 Å². The molecule has 1 atom stereocenters. The molecule has 310 valence electrons. The number of carbonyl (C=O) groups is 1. The fraction of sp³-hybridized carbons (Fsp3) is 0.232. The van der Waals surface area contributed by atoms with Crippen LogP contribution < -0.4 is 19.3 Å². The van der Waals surface area contributed by atoms with E-state index in [-0.39, 0.29) is 16.8 Å². The second-order valence-corrected chi connectivity index (χ2v) is 16.7. The molecule has 0 saturated heterocycles. The number of hydrogen-bond acceptors (Lipinski definition) is 5. The Balaban J connectivity index is 1.09. The van der Waals surface area contributed by atoms with Gasteiger partial charge in [0.25, 0.3) is 0 Å². The molecule has 0 radical (unpaired) electrons. The van der Waals surface area contributed by atoms with Crippen LogP contribution in [0.5, 0.6) is 17.2 Å². The SMILES string of the molecule is CCCC(C)(CC)Oc1ccc(N(c2ccccc2)c2ccc(N(c3ccccc3)c3ccc(Oc4ccc(C(=O)c5ccc(C(C)(C)CCC)cc5)cc4)cc3)cc2)cc1. The zero-order valence-electron chi connectivity index (χ0n) is 36.5. The summed E-state index contributed by atoms with van der Waals surface area (Å²) in [5, 5.41) is 0. The van der Waals surface area contributed by atoms with Crippen LogP contribution in [0.3, 0.4) is 0 Å². The third-order valence-corrected chi connectivity index (χ3v) is 11.6. The molecule has 0 heterocycles. The topological polar surface area (TPSA) is 42.0 Å². The van der Waals surface area contributed by atoms with Gasteiger partial charge in [-0.1, -0.05) is 108 Å². The molecule has 61 heavy (non-hydrogen) atoms. The van der Waals surface area contributed by atoms with Gasteiger partial charge in [-0.15, -0.1) is 0 Å². The van der Waals surface area contributed by atoms with E-state index in [1.165, 1.54) is 5.56 Å². The van der Waals surface area contributed by atoms with Crippen LogP contribution in [-0.4, -0.2) is 11.4 Å². The second-order valence-electron chi connectivity index (χ2n) is 16.7. The largest absolute Gasteiger partial charge is 0.488 e. The molecule has 0 aromatic heterocycles. The van der Waals surface area contributed by atoms with Crippen LogP contribution >= 0.6 is 0 Å². The summed E-state index contributed by atoms with van der Waals surface area (Å²) < 4.78 is 12.8. The lowest BCUT2D eigenvalue weighted by atomic mass is 9.80. The van der Waals surface area contributed by atoms with Crippen molar-refractivity contribution >= 4 is 39.9 Å². The molecule has 7 aromatic carbocycles. The Bertz CT molecular complexity index is 2450. The summed E-state index contributed by atoms with van der Waals surface area (Å²) in [4.78, 5) is 17.9. The predicted molar refractivity (Wildman–Crippen MR) is 254 cm³/mol. The smallest absolute Gasteiger partial charge is 0.193 e. The molecule has 7 aromatic rings. The van der Waals surface area contributed by atoms with Gasteiger partial charge in [0.05, 0.1) is 0 Å². The second kappa shape index (κ2) is 19.2. The lowest BCUT2D eigenvalue weighted by Gasteiger charge is -2.30. The van der Waals surface area contributed by atoms with E-state index in [4.69, 9.17) is 9.47 Å². The maximum absolute atomic E-state index is 13.3. The van der Waals surface area contributed by atoms with Gasteiger partial charge in [0, 0.05) is 45.3 Å². The number of ether oxygens (including phenoxy) is 2. The highest BCUT2D eigenvalue weighted by molar-refractivity contribution is 6.09. The van der Waals surface area contributed by atoms with E-state index in [0.29, 0.717) is 22.6 Å². The number of ketones is 1. The van der Waals surface area contributed by atoms with Gasteiger partial charge in [0.15, 0.2) is 5.78 Å². The van der Waals surface area contributed by atoms with Gasteiger partial charge in [-0.05, 0) is 158 Å². The molecule has 0 saturated carbocycles. The molecule has 0 spiro atoms. The summed E-state index contributed by atoms with van der Waals surface area (Å²) in [6, 6.07) is 61.5. The third kappa shape index (κ3) is 10.2. The maximum atomic E-state index is 13.3. The molecule has 5 heteroatoms. The molecule has 0 aliphatic carbocycles. The fourth-order valence-corrected chi connectivity index (χ4v) is 8.06. The number of nitrogens with zero attached hydrogens (tertiary/aromatic N) is 2. The van der Waals surface area contributed by atoms with Crippen molar-refractivity contribution in [1.82, 2.24) is 0 Å². The van der Waals surface area contributed by atoms with E-state index < -0.39 is 0 Å². The molecule has 7 rings (SSSR count). The highest BCUT2D eigenvalue weighted by Crippen LogP contribution is 2.40. The summed E-state index contributed by atoms with van der Waals surface area (Å²) in [5.74, 6) is 2.25. The minimum absolute atomic E-state index is 0.000854. The molecule has 0 aliphatic rings. The van der Waals surface area contributed by atoms with Gasteiger partial charge in [-0.3, -0.25) is 4.79 Å². The fourth-order valence-electron chi connectivity index (χ4n) is 8.06. The van der Waals surface area contributed by atoms with Gasteiger partial charge in [-0.2, -0.15) is 0 Å². The van der Waals surface area contributed by atoms with Crippen LogP contribution in [0.2, 0.25) is 0 Å². The summed E-state index contributed by atoms with van der Waals surface area (Å²) in [6.45, 7) is 13.3. The maximum Gasteiger partial charge on any atom is 0.193 e.